The van der Waals surface area contributed by atoms with Gasteiger partial charge in [-0.05, 0) is 67.2 Å². The lowest BCUT2D eigenvalue weighted by atomic mass is 9.99. The lowest BCUT2D eigenvalue weighted by Gasteiger charge is -2.25. The summed E-state index contributed by atoms with van der Waals surface area (Å²) < 4.78 is 38.2. The van der Waals surface area contributed by atoms with Gasteiger partial charge < -0.3 is 15.2 Å². The Balaban J connectivity index is 1.45. The minimum atomic E-state index is -4.26. The third-order valence-electron chi connectivity index (χ3n) is 6.61. The molecule has 0 saturated carbocycles. The summed E-state index contributed by atoms with van der Waals surface area (Å²) in [5.41, 5.74) is 5.98. The molecule has 0 bridgehead atoms. The Kier molecular flexibility index (Phi) is 5.58. The van der Waals surface area contributed by atoms with Gasteiger partial charge in [0.2, 0.25) is 0 Å². The Morgan fingerprint density at radius 3 is 2.59 bits per heavy atom. The average molecular weight is 459 g/mol. The van der Waals surface area contributed by atoms with Crippen LogP contribution in [0.4, 0.5) is 11.4 Å². The summed E-state index contributed by atoms with van der Waals surface area (Å²) in [5.74, 6) is 0.0453. The summed E-state index contributed by atoms with van der Waals surface area (Å²) in [6, 6.07) is 1.41. The SMILES string of the molecule is Cn1cc(N(C[C@H]2CCOC2)S(=O)(=O)/N=C(\[O-])Nc2c3c(cc4c2CCC4)CCC3)cn1. The second kappa shape index (κ2) is 8.40. The number of anilines is 2. The Labute approximate surface area is 188 Å². The number of amidine groups is 1. The summed E-state index contributed by atoms with van der Waals surface area (Å²) in [5, 5.41) is 19.8. The maximum absolute atomic E-state index is 13.2. The van der Waals surface area contributed by atoms with E-state index in [1.165, 1.54) is 26.3 Å². The summed E-state index contributed by atoms with van der Waals surface area (Å²) in [7, 11) is -2.54. The molecule has 32 heavy (non-hydrogen) atoms. The number of hydrogen-bond donors (Lipinski definition) is 1. The minimum absolute atomic E-state index is 0.0453. The van der Waals surface area contributed by atoms with E-state index in [-0.39, 0.29) is 12.5 Å². The Hall–Kier alpha value is -2.59. The smallest absolute Gasteiger partial charge is 0.345 e. The van der Waals surface area contributed by atoms with E-state index in [4.69, 9.17) is 4.74 Å². The van der Waals surface area contributed by atoms with Gasteiger partial charge in [0.15, 0.2) is 0 Å². The third-order valence-corrected chi connectivity index (χ3v) is 7.92. The van der Waals surface area contributed by atoms with Crippen LogP contribution in [0.3, 0.4) is 0 Å². The number of benzene rings is 1. The zero-order valence-corrected chi connectivity index (χ0v) is 19.0. The molecule has 0 unspecified atom stereocenters. The number of aryl methyl sites for hydroxylation is 3. The van der Waals surface area contributed by atoms with Gasteiger partial charge in [0.25, 0.3) is 0 Å². The van der Waals surface area contributed by atoms with Crippen molar-refractivity contribution < 1.29 is 18.3 Å². The molecular formula is C22H28N5O4S-. The zero-order chi connectivity index (χ0) is 22.3. The van der Waals surface area contributed by atoms with E-state index in [0.717, 1.165) is 61.8 Å². The van der Waals surface area contributed by atoms with Crippen LogP contribution in [-0.2, 0) is 47.7 Å². The molecule has 2 aromatic rings. The Bertz CT molecular complexity index is 1120. The number of ether oxygens (including phenoxy) is 1. The summed E-state index contributed by atoms with van der Waals surface area (Å²) >= 11 is 0. The number of nitrogens with zero attached hydrogens (tertiary/aromatic N) is 4. The van der Waals surface area contributed by atoms with Crippen molar-refractivity contribution in [1.29, 1.82) is 0 Å². The highest BCUT2D eigenvalue weighted by Gasteiger charge is 2.29. The van der Waals surface area contributed by atoms with Crippen LogP contribution in [0, 0.1) is 5.92 Å². The lowest BCUT2D eigenvalue weighted by Crippen LogP contribution is -2.37. The normalized spacial score (nSPS) is 20.4. The Morgan fingerprint density at radius 2 is 2.00 bits per heavy atom. The molecule has 0 radical (unpaired) electrons. The molecule has 5 rings (SSSR count). The molecule has 1 aromatic heterocycles. The van der Waals surface area contributed by atoms with Crippen molar-refractivity contribution in [3.05, 3.63) is 40.7 Å². The van der Waals surface area contributed by atoms with Crippen molar-refractivity contribution in [3.8, 4) is 0 Å². The van der Waals surface area contributed by atoms with Crippen LogP contribution in [0.1, 0.15) is 41.5 Å². The first-order valence-electron chi connectivity index (χ1n) is 11.2. The first-order chi connectivity index (χ1) is 15.4. The first-order valence-corrected chi connectivity index (χ1v) is 12.6. The standard InChI is InChI=1S/C22H29N5O4S/c1-26-13-18(11-23-26)27(12-15-8-9-31-14-15)32(29,30)25-22(28)24-21-19-6-2-4-16(19)10-17-5-3-7-20(17)21/h10-11,13,15H,2-9,12,14H2,1H3,(H2,24,25,28)/p-1/t15-/m1/s1. The number of aromatic nitrogens is 2. The zero-order valence-electron chi connectivity index (χ0n) is 18.2. The molecule has 1 atom stereocenters. The van der Waals surface area contributed by atoms with Crippen molar-refractivity contribution in [1.82, 2.24) is 9.78 Å². The van der Waals surface area contributed by atoms with E-state index in [0.29, 0.717) is 18.9 Å². The van der Waals surface area contributed by atoms with Crippen LogP contribution in [0.5, 0.6) is 0 Å². The summed E-state index contributed by atoms with van der Waals surface area (Å²) in [6.07, 6.45) is 9.74. The summed E-state index contributed by atoms with van der Waals surface area (Å²) in [6.45, 7) is 1.29. The monoisotopic (exact) mass is 458 g/mol. The lowest BCUT2D eigenvalue weighted by molar-refractivity contribution is -0.213. The number of rotatable bonds is 6. The molecule has 3 aliphatic rings. The van der Waals surface area contributed by atoms with E-state index in [1.54, 1.807) is 13.2 Å². The first kappa shape index (κ1) is 21.3. The average Bonchev–Trinajstić information content (AvgIpc) is 3.52. The Morgan fingerprint density at radius 1 is 1.28 bits per heavy atom. The van der Waals surface area contributed by atoms with Gasteiger partial charge in [-0.3, -0.25) is 4.68 Å². The molecule has 1 saturated heterocycles. The van der Waals surface area contributed by atoms with Gasteiger partial charge in [0.05, 0.1) is 24.5 Å². The fourth-order valence-electron chi connectivity index (χ4n) is 5.08. The van der Waals surface area contributed by atoms with Gasteiger partial charge in [0, 0.05) is 38.0 Å². The van der Waals surface area contributed by atoms with E-state index >= 15 is 0 Å². The largest absolute Gasteiger partial charge is 0.845 e. The van der Waals surface area contributed by atoms with Gasteiger partial charge in [-0.1, -0.05) is 6.07 Å². The van der Waals surface area contributed by atoms with Crippen LogP contribution in [0.2, 0.25) is 0 Å². The predicted octanol–water partition coefficient (Wildman–Crippen LogP) is 1.31. The van der Waals surface area contributed by atoms with Gasteiger partial charge in [-0.25, -0.2) is 4.31 Å². The van der Waals surface area contributed by atoms with Gasteiger partial charge in [0.1, 0.15) is 0 Å². The summed E-state index contributed by atoms with van der Waals surface area (Å²) in [4.78, 5) is 0. The highest BCUT2D eigenvalue weighted by atomic mass is 32.2. The van der Waals surface area contributed by atoms with Crippen molar-refractivity contribution in [2.75, 3.05) is 29.4 Å². The van der Waals surface area contributed by atoms with Gasteiger partial charge in [-0.15, -0.1) is 4.40 Å². The highest BCUT2D eigenvalue weighted by molar-refractivity contribution is 7.91. The molecule has 1 fully saturated rings. The maximum atomic E-state index is 13.2. The van der Waals surface area contributed by atoms with Crippen LogP contribution < -0.4 is 14.7 Å². The molecule has 9 nitrogen and oxygen atoms in total. The van der Waals surface area contributed by atoms with Crippen molar-refractivity contribution in [2.45, 2.75) is 44.9 Å². The number of fused-ring (bicyclic) bond motifs is 2. The fourth-order valence-corrected chi connectivity index (χ4v) is 6.20. The van der Waals surface area contributed by atoms with Gasteiger partial charge in [-0.2, -0.15) is 13.5 Å². The molecule has 0 amide bonds. The molecule has 1 aliphatic heterocycles. The molecular weight excluding hydrogens is 430 g/mol. The third kappa shape index (κ3) is 4.09. The van der Waals surface area contributed by atoms with Crippen molar-refractivity contribution in [3.63, 3.8) is 0 Å². The molecule has 10 heteroatoms. The van der Waals surface area contributed by atoms with E-state index < -0.39 is 16.2 Å². The molecule has 1 N–H and O–H groups in total. The topological polar surface area (TPSA) is 112 Å². The quantitative estimate of drug-likeness (QED) is 0.516. The molecule has 2 heterocycles. The van der Waals surface area contributed by atoms with E-state index in [9.17, 15) is 13.5 Å². The van der Waals surface area contributed by atoms with Gasteiger partial charge >= 0.3 is 10.2 Å². The number of nitrogens with one attached hydrogen (secondary N) is 1. The molecule has 1 aromatic carbocycles. The van der Waals surface area contributed by atoms with Crippen LogP contribution in [0.15, 0.2) is 22.9 Å². The number of hydrogen-bond acceptors (Lipinski definition) is 5. The molecule has 0 spiro atoms. The van der Waals surface area contributed by atoms with Crippen molar-refractivity contribution >= 4 is 27.6 Å². The van der Waals surface area contributed by atoms with E-state index in [1.807, 2.05) is 0 Å². The minimum Gasteiger partial charge on any atom is -0.845 e. The van der Waals surface area contributed by atoms with Crippen LogP contribution >= 0.6 is 0 Å². The van der Waals surface area contributed by atoms with Crippen LogP contribution in [-0.4, -0.2) is 44.0 Å². The highest BCUT2D eigenvalue weighted by Crippen LogP contribution is 2.38. The van der Waals surface area contributed by atoms with Crippen molar-refractivity contribution in [2.24, 2.45) is 17.4 Å². The molecule has 172 valence electrons. The van der Waals surface area contributed by atoms with Crippen LogP contribution in [0.25, 0.3) is 0 Å². The predicted molar refractivity (Wildman–Crippen MR) is 120 cm³/mol. The second-order valence-corrected chi connectivity index (χ2v) is 10.4. The second-order valence-electron chi connectivity index (χ2n) is 8.87. The fraction of sp³-hybridized carbons (Fsp3) is 0.545. The molecule has 2 aliphatic carbocycles. The van der Waals surface area contributed by atoms with E-state index in [2.05, 4.69) is 20.9 Å². The maximum Gasteiger partial charge on any atom is 0.345 e.